The van der Waals surface area contributed by atoms with Crippen LogP contribution >= 0.6 is 0 Å². The van der Waals surface area contributed by atoms with Gasteiger partial charge in [-0.05, 0) is 29.8 Å². The molecule has 6 nitrogen and oxygen atoms in total. The van der Waals surface area contributed by atoms with Gasteiger partial charge in [0.2, 0.25) is 0 Å². The van der Waals surface area contributed by atoms with Crippen molar-refractivity contribution in [2.75, 3.05) is 5.32 Å². The Morgan fingerprint density at radius 2 is 1.79 bits per heavy atom. The van der Waals surface area contributed by atoms with Crippen LogP contribution in [0.1, 0.15) is 21.6 Å². The Kier molecular flexibility index (Phi) is 4.59. The van der Waals surface area contributed by atoms with E-state index < -0.39 is 11.7 Å². The van der Waals surface area contributed by atoms with Gasteiger partial charge in [0.1, 0.15) is 18.0 Å². The monoisotopic (exact) mass is 377 g/mol. The number of fused-ring (bicyclic) bond motifs is 1. The SMILES string of the molecule is O=C(Nc1cc2c(C=Cc3ccc(F)cc3)n[nH]c2cc1F)c1cncnc1. The fraction of sp³-hybridized carbons (Fsp3) is 0. The number of aromatic nitrogens is 4. The molecule has 0 aliphatic rings. The molecule has 0 atom stereocenters. The van der Waals surface area contributed by atoms with E-state index in [1.165, 1.54) is 43.0 Å². The zero-order valence-corrected chi connectivity index (χ0v) is 14.4. The van der Waals surface area contributed by atoms with Gasteiger partial charge in [-0.15, -0.1) is 0 Å². The average molecular weight is 377 g/mol. The van der Waals surface area contributed by atoms with Crippen molar-refractivity contribution in [2.45, 2.75) is 0 Å². The van der Waals surface area contributed by atoms with Crippen molar-refractivity contribution in [3.8, 4) is 0 Å². The number of anilines is 1. The van der Waals surface area contributed by atoms with Crippen LogP contribution in [0.15, 0.2) is 55.1 Å². The number of carbonyl (C=O) groups excluding carboxylic acids is 1. The lowest BCUT2D eigenvalue weighted by atomic mass is 10.1. The summed E-state index contributed by atoms with van der Waals surface area (Å²) in [6.45, 7) is 0. The molecule has 4 rings (SSSR count). The number of hydrogen-bond donors (Lipinski definition) is 2. The molecule has 0 spiro atoms. The number of hydrogen-bond acceptors (Lipinski definition) is 4. The van der Waals surface area contributed by atoms with E-state index in [-0.39, 0.29) is 17.1 Å². The van der Waals surface area contributed by atoms with E-state index >= 15 is 0 Å². The Balaban J connectivity index is 1.64. The first-order valence-corrected chi connectivity index (χ1v) is 8.28. The summed E-state index contributed by atoms with van der Waals surface area (Å²) >= 11 is 0. The number of halogens is 2. The van der Waals surface area contributed by atoms with E-state index in [1.807, 2.05) is 0 Å². The van der Waals surface area contributed by atoms with Crippen molar-refractivity contribution in [3.63, 3.8) is 0 Å². The molecule has 0 aliphatic carbocycles. The third-order valence-corrected chi connectivity index (χ3v) is 4.05. The molecular weight excluding hydrogens is 364 g/mol. The fourth-order valence-corrected chi connectivity index (χ4v) is 2.64. The quantitative estimate of drug-likeness (QED) is 0.562. The minimum absolute atomic E-state index is 0.0131. The summed E-state index contributed by atoms with van der Waals surface area (Å²) in [7, 11) is 0. The highest BCUT2D eigenvalue weighted by atomic mass is 19.1. The summed E-state index contributed by atoms with van der Waals surface area (Å²) in [5, 5.41) is 10.1. The molecule has 2 aromatic carbocycles. The van der Waals surface area contributed by atoms with Crippen LogP contribution in [-0.2, 0) is 0 Å². The lowest BCUT2D eigenvalue weighted by Gasteiger charge is -2.06. The van der Waals surface area contributed by atoms with E-state index in [4.69, 9.17) is 0 Å². The standard InChI is InChI=1S/C20H13F2N5O/c21-14-4-1-12(2-5-14)3-6-17-15-7-19(16(22)8-18(15)27-26-17)25-20(28)13-9-23-11-24-10-13/h1-11H,(H,25,28)(H,26,27). The zero-order valence-electron chi connectivity index (χ0n) is 14.4. The topological polar surface area (TPSA) is 83.6 Å². The van der Waals surface area contributed by atoms with Gasteiger partial charge in [0.25, 0.3) is 5.91 Å². The lowest BCUT2D eigenvalue weighted by Crippen LogP contribution is -2.13. The van der Waals surface area contributed by atoms with E-state index in [9.17, 15) is 13.6 Å². The van der Waals surface area contributed by atoms with Crippen LogP contribution in [0.5, 0.6) is 0 Å². The Labute approximate surface area is 158 Å². The Hall–Kier alpha value is -3.94. The maximum atomic E-state index is 14.3. The van der Waals surface area contributed by atoms with Gasteiger partial charge in [0.15, 0.2) is 0 Å². The summed E-state index contributed by atoms with van der Waals surface area (Å²) in [5.41, 5.74) is 2.05. The Morgan fingerprint density at radius 1 is 1.04 bits per heavy atom. The molecule has 4 aromatic rings. The van der Waals surface area contributed by atoms with Gasteiger partial charge < -0.3 is 5.32 Å². The first-order chi connectivity index (χ1) is 13.6. The number of carbonyl (C=O) groups is 1. The zero-order chi connectivity index (χ0) is 19.5. The van der Waals surface area contributed by atoms with Gasteiger partial charge in [-0.1, -0.05) is 18.2 Å². The first kappa shape index (κ1) is 17.5. The second-order valence-electron chi connectivity index (χ2n) is 5.95. The number of amides is 1. The van der Waals surface area contributed by atoms with Crippen molar-refractivity contribution in [2.24, 2.45) is 0 Å². The normalized spacial score (nSPS) is 11.2. The van der Waals surface area contributed by atoms with Crippen molar-refractivity contribution < 1.29 is 13.6 Å². The van der Waals surface area contributed by atoms with E-state index in [0.717, 1.165) is 5.56 Å². The van der Waals surface area contributed by atoms with E-state index in [2.05, 4.69) is 25.5 Å². The number of rotatable bonds is 4. The van der Waals surface area contributed by atoms with Crippen molar-refractivity contribution in [1.29, 1.82) is 0 Å². The van der Waals surface area contributed by atoms with Crippen LogP contribution in [0.25, 0.3) is 23.1 Å². The summed E-state index contributed by atoms with van der Waals surface area (Å²) < 4.78 is 27.3. The largest absolute Gasteiger partial charge is 0.319 e. The van der Waals surface area contributed by atoms with Gasteiger partial charge in [-0.3, -0.25) is 9.89 Å². The molecule has 138 valence electrons. The summed E-state index contributed by atoms with van der Waals surface area (Å²) in [4.78, 5) is 19.8. The third-order valence-electron chi connectivity index (χ3n) is 4.05. The smallest absolute Gasteiger partial charge is 0.258 e. The first-order valence-electron chi connectivity index (χ1n) is 8.28. The van der Waals surface area contributed by atoms with Crippen LogP contribution in [0.2, 0.25) is 0 Å². The highest BCUT2D eigenvalue weighted by Crippen LogP contribution is 2.25. The molecule has 2 N–H and O–H groups in total. The molecule has 0 bridgehead atoms. The third kappa shape index (κ3) is 3.61. The summed E-state index contributed by atoms with van der Waals surface area (Å²) in [6, 6.07) is 8.74. The van der Waals surface area contributed by atoms with Crippen LogP contribution in [0, 0.1) is 11.6 Å². The van der Waals surface area contributed by atoms with Crippen molar-refractivity contribution in [1.82, 2.24) is 20.2 Å². The molecule has 0 saturated carbocycles. The predicted octanol–water partition coefficient (Wildman–Crippen LogP) is 4.05. The molecule has 8 heteroatoms. The molecule has 0 unspecified atom stereocenters. The molecule has 0 aliphatic heterocycles. The maximum Gasteiger partial charge on any atom is 0.258 e. The molecule has 0 saturated heterocycles. The molecule has 0 radical (unpaired) electrons. The molecule has 0 fully saturated rings. The van der Waals surface area contributed by atoms with Crippen LogP contribution in [0.3, 0.4) is 0 Å². The minimum atomic E-state index is -0.601. The highest BCUT2D eigenvalue weighted by Gasteiger charge is 2.13. The van der Waals surface area contributed by atoms with Crippen molar-refractivity contribution in [3.05, 3.63) is 83.6 Å². The number of benzene rings is 2. The van der Waals surface area contributed by atoms with E-state index in [1.54, 1.807) is 24.3 Å². The number of nitrogens with zero attached hydrogens (tertiary/aromatic N) is 3. The highest BCUT2D eigenvalue weighted by molar-refractivity contribution is 6.05. The number of nitrogens with one attached hydrogen (secondary N) is 2. The molecule has 1 amide bonds. The van der Waals surface area contributed by atoms with Gasteiger partial charge >= 0.3 is 0 Å². The Bertz CT molecular complexity index is 1170. The van der Waals surface area contributed by atoms with E-state index in [0.29, 0.717) is 16.6 Å². The van der Waals surface area contributed by atoms with Crippen LogP contribution in [0.4, 0.5) is 14.5 Å². The van der Waals surface area contributed by atoms with Gasteiger partial charge in [0.05, 0.1) is 22.5 Å². The minimum Gasteiger partial charge on any atom is -0.319 e. The van der Waals surface area contributed by atoms with Gasteiger partial charge in [-0.2, -0.15) is 5.10 Å². The second-order valence-corrected chi connectivity index (χ2v) is 5.95. The fourth-order valence-electron chi connectivity index (χ4n) is 2.64. The Morgan fingerprint density at radius 3 is 2.54 bits per heavy atom. The molecule has 2 heterocycles. The lowest BCUT2D eigenvalue weighted by molar-refractivity contribution is 0.102. The average Bonchev–Trinajstić information content (AvgIpc) is 3.10. The predicted molar refractivity (Wildman–Crippen MR) is 101 cm³/mol. The van der Waals surface area contributed by atoms with Gasteiger partial charge in [0, 0.05) is 23.8 Å². The van der Waals surface area contributed by atoms with Gasteiger partial charge in [-0.25, -0.2) is 18.7 Å². The number of aromatic amines is 1. The maximum absolute atomic E-state index is 14.3. The molecular formula is C20H13F2N5O. The van der Waals surface area contributed by atoms with Crippen LogP contribution < -0.4 is 5.32 Å². The summed E-state index contributed by atoms with van der Waals surface area (Å²) in [5.74, 6) is -1.44. The second kappa shape index (κ2) is 7.36. The molecule has 28 heavy (non-hydrogen) atoms. The van der Waals surface area contributed by atoms with Crippen molar-refractivity contribution >= 4 is 34.6 Å². The number of H-pyrrole nitrogens is 1. The molecule has 2 aromatic heterocycles. The van der Waals surface area contributed by atoms with Crippen LogP contribution in [-0.4, -0.2) is 26.1 Å². The summed E-state index contributed by atoms with van der Waals surface area (Å²) in [6.07, 6.45) is 7.47.